The Balaban J connectivity index is 1.30. The highest BCUT2D eigenvalue weighted by atomic mass is 16.5. The van der Waals surface area contributed by atoms with Crippen molar-refractivity contribution >= 4 is 40.2 Å². The summed E-state index contributed by atoms with van der Waals surface area (Å²) in [6.45, 7) is 0.0123. The van der Waals surface area contributed by atoms with Crippen LogP contribution in [0.25, 0.3) is 11.1 Å². The molecule has 0 fully saturated rings. The van der Waals surface area contributed by atoms with Gasteiger partial charge in [0.1, 0.15) is 23.0 Å². The minimum absolute atomic E-state index is 0.0123. The van der Waals surface area contributed by atoms with Gasteiger partial charge in [-0.25, -0.2) is 0 Å². The van der Waals surface area contributed by atoms with Crippen molar-refractivity contribution in [1.82, 2.24) is 0 Å². The van der Waals surface area contributed by atoms with E-state index in [-0.39, 0.29) is 6.71 Å². The number of fused-ring (bicyclic) bond motifs is 4. The Kier molecular flexibility index (Phi) is 5.24. The topological polar surface area (TPSA) is 21.7 Å². The number of para-hydroxylation sites is 2. The summed E-state index contributed by atoms with van der Waals surface area (Å²) in [5.74, 6) is 3.45. The molecule has 4 heteroatoms. The maximum absolute atomic E-state index is 6.61. The molecular weight excluding hydrogens is 489 g/mol. The van der Waals surface area contributed by atoms with Gasteiger partial charge in [-0.1, -0.05) is 91.0 Å². The van der Waals surface area contributed by atoms with Crippen LogP contribution in [-0.2, 0) is 0 Å². The Morgan fingerprint density at radius 3 is 1.70 bits per heavy atom. The van der Waals surface area contributed by atoms with E-state index in [4.69, 9.17) is 9.47 Å². The fourth-order valence-electron chi connectivity index (χ4n) is 5.97. The first-order valence-corrected chi connectivity index (χ1v) is 13.6. The molecule has 6 aromatic carbocycles. The zero-order valence-corrected chi connectivity index (χ0v) is 21.7. The van der Waals surface area contributed by atoms with Crippen molar-refractivity contribution in [3.8, 4) is 34.1 Å². The van der Waals surface area contributed by atoms with Crippen molar-refractivity contribution in [3.05, 3.63) is 146 Å². The molecule has 0 aromatic heterocycles. The maximum atomic E-state index is 6.61. The number of hydrogen-bond donors (Lipinski definition) is 0. The van der Waals surface area contributed by atoms with Crippen molar-refractivity contribution in [2.45, 2.75) is 0 Å². The SMILES string of the molecule is c1ccc(-c2ccc3c(c2)B2c4ccc(N(c5ccccc5)c5ccccc5)cc4Oc4cccc(c42)O3)cc1. The van der Waals surface area contributed by atoms with Gasteiger partial charge in [-0.05, 0) is 70.6 Å². The molecule has 0 bridgehead atoms. The lowest BCUT2D eigenvalue weighted by Crippen LogP contribution is -2.57. The van der Waals surface area contributed by atoms with Crippen LogP contribution < -0.4 is 30.8 Å². The lowest BCUT2D eigenvalue weighted by molar-refractivity contribution is 0.464. The second-order valence-corrected chi connectivity index (χ2v) is 10.2. The molecule has 8 rings (SSSR count). The molecule has 0 spiro atoms. The number of ether oxygens (including phenoxy) is 2. The summed E-state index contributed by atoms with van der Waals surface area (Å²) in [6, 6.07) is 50.6. The fourth-order valence-corrected chi connectivity index (χ4v) is 5.97. The molecule has 0 unspecified atom stereocenters. The van der Waals surface area contributed by atoms with Gasteiger partial charge in [0.15, 0.2) is 0 Å². The second-order valence-electron chi connectivity index (χ2n) is 10.2. The van der Waals surface area contributed by atoms with Gasteiger partial charge in [-0.2, -0.15) is 0 Å². The molecule has 0 N–H and O–H groups in total. The van der Waals surface area contributed by atoms with Crippen LogP contribution in [0, 0.1) is 0 Å². The summed E-state index contributed by atoms with van der Waals surface area (Å²) in [5, 5.41) is 0. The summed E-state index contributed by atoms with van der Waals surface area (Å²) in [7, 11) is 0. The van der Waals surface area contributed by atoms with Crippen LogP contribution in [0.1, 0.15) is 0 Å². The normalized spacial score (nSPS) is 12.3. The van der Waals surface area contributed by atoms with Crippen LogP contribution in [0.3, 0.4) is 0 Å². The number of hydrogen-bond acceptors (Lipinski definition) is 3. The van der Waals surface area contributed by atoms with E-state index in [9.17, 15) is 0 Å². The zero-order chi connectivity index (χ0) is 26.5. The van der Waals surface area contributed by atoms with E-state index in [1.807, 2.05) is 36.4 Å². The first-order valence-electron chi connectivity index (χ1n) is 13.6. The van der Waals surface area contributed by atoms with E-state index in [0.29, 0.717) is 0 Å². The van der Waals surface area contributed by atoms with E-state index < -0.39 is 0 Å². The molecule has 2 aliphatic heterocycles. The second kappa shape index (κ2) is 9.21. The number of nitrogens with zero attached hydrogens (tertiary/aromatic N) is 1. The standard InChI is InChI=1S/C36H24BNO2/c1-4-11-25(12-5-1)26-19-22-32-31(23-26)37-30-21-20-29(24-35(30)40-34-18-10-17-33(39-32)36(34)37)38(27-13-6-2-7-14-27)28-15-8-3-9-16-28/h1-24H. The minimum atomic E-state index is 0.0123. The summed E-state index contributed by atoms with van der Waals surface area (Å²) in [5.41, 5.74) is 8.97. The van der Waals surface area contributed by atoms with Crippen molar-refractivity contribution in [1.29, 1.82) is 0 Å². The number of anilines is 3. The van der Waals surface area contributed by atoms with Crippen molar-refractivity contribution in [2.75, 3.05) is 4.90 Å². The van der Waals surface area contributed by atoms with Gasteiger partial charge in [0, 0.05) is 28.6 Å². The quantitative estimate of drug-likeness (QED) is 0.227. The summed E-state index contributed by atoms with van der Waals surface area (Å²) in [6.07, 6.45) is 0. The van der Waals surface area contributed by atoms with Crippen LogP contribution in [0.15, 0.2) is 146 Å². The average molecular weight is 513 g/mol. The molecule has 2 heterocycles. The van der Waals surface area contributed by atoms with E-state index in [0.717, 1.165) is 56.4 Å². The van der Waals surface area contributed by atoms with Crippen LogP contribution >= 0.6 is 0 Å². The highest BCUT2D eigenvalue weighted by Crippen LogP contribution is 2.39. The number of rotatable bonds is 4. The Hall–Kier alpha value is -5.22. The van der Waals surface area contributed by atoms with Gasteiger partial charge >= 0.3 is 0 Å². The molecule has 0 aliphatic carbocycles. The average Bonchev–Trinajstić information content (AvgIpc) is 3.02. The molecule has 40 heavy (non-hydrogen) atoms. The Bertz CT molecular complexity index is 1820. The molecule has 0 radical (unpaired) electrons. The predicted molar refractivity (Wildman–Crippen MR) is 164 cm³/mol. The fraction of sp³-hybridized carbons (Fsp3) is 0. The summed E-state index contributed by atoms with van der Waals surface area (Å²) < 4.78 is 13.0. The third-order valence-corrected chi connectivity index (χ3v) is 7.78. The van der Waals surface area contributed by atoms with Gasteiger partial charge < -0.3 is 14.4 Å². The molecular formula is C36H24BNO2. The van der Waals surface area contributed by atoms with Gasteiger partial charge in [0.2, 0.25) is 0 Å². The van der Waals surface area contributed by atoms with Crippen LogP contribution in [0.2, 0.25) is 0 Å². The van der Waals surface area contributed by atoms with E-state index in [1.54, 1.807) is 0 Å². The van der Waals surface area contributed by atoms with Gasteiger partial charge in [0.05, 0.1) is 0 Å². The molecule has 0 saturated heterocycles. The molecule has 0 atom stereocenters. The third-order valence-electron chi connectivity index (χ3n) is 7.78. The first-order chi connectivity index (χ1) is 19.8. The predicted octanol–water partition coefficient (Wildman–Crippen LogP) is 7.55. The van der Waals surface area contributed by atoms with E-state index >= 15 is 0 Å². The van der Waals surface area contributed by atoms with Crippen LogP contribution in [0.5, 0.6) is 23.0 Å². The van der Waals surface area contributed by atoms with Gasteiger partial charge in [-0.3, -0.25) is 0 Å². The highest BCUT2D eigenvalue weighted by Gasteiger charge is 2.40. The Morgan fingerprint density at radius 2 is 1.02 bits per heavy atom. The number of benzene rings is 6. The Labute approximate surface area is 234 Å². The first kappa shape index (κ1) is 22.7. The monoisotopic (exact) mass is 513 g/mol. The lowest BCUT2D eigenvalue weighted by Gasteiger charge is -2.34. The molecule has 0 amide bonds. The van der Waals surface area contributed by atoms with E-state index in [1.165, 1.54) is 11.1 Å². The van der Waals surface area contributed by atoms with Crippen molar-refractivity contribution < 1.29 is 9.47 Å². The van der Waals surface area contributed by atoms with Gasteiger partial charge in [0.25, 0.3) is 6.71 Å². The van der Waals surface area contributed by atoms with Crippen molar-refractivity contribution in [2.24, 2.45) is 0 Å². The summed E-state index contributed by atoms with van der Waals surface area (Å²) >= 11 is 0. The maximum Gasteiger partial charge on any atom is 0.260 e. The molecule has 3 nitrogen and oxygen atoms in total. The minimum Gasteiger partial charge on any atom is -0.458 e. The largest absolute Gasteiger partial charge is 0.458 e. The van der Waals surface area contributed by atoms with Crippen molar-refractivity contribution in [3.63, 3.8) is 0 Å². The third kappa shape index (κ3) is 3.69. The van der Waals surface area contributed by atoms with Crippen LogP contribution in [0.4, 0.5) is 17.1 Å². The van der Waals surface area contributed by atoms with E-state index in [2.05, 4.69) is 114 Å². The highest BCUT2D eigenvalue weighted by molar-refractivity contribution is 6.98. The lowest BCUT2D eigenvalue weighted by atomic mass is 9.34. The molecule has 2 aliphatic rings. The molecule has 188 valence electrons. The van der Waals surface area contributed by atoms with Crippen LogP contribution in [-0.4, -0.2) is 6.71 Å². The molecule has 0 saturated carbocycles. The molecule has 6 aromatic rings. The smallest absolute Gasteiger partial charge is 0.260 e. The zero-order valence-electron chi connectivity index (χ0n) is 21.7. The summed E-state index contributed by atoms with van der Waals surface area (Å²) in [4.78, 5) is 2.26. The van der Waals surface area contributed by atoms with Gasteiger partial charge in [-0.15, -0.1) is 0 Å². The Morgan fingerprint density at radius 1 is 0.400 bits per heavy atom.